The number of rotatable bonds is 4. The van der Waals surface area contributed by atoms with E-state index in [0.717, 1.165) is 21.8 Å². The average Bonchev–Trinajstić information content (AvgIpc) is 3.14. The Morgan fingerprint density at radius 1 is 0.964 bits per heavy atom. The average molecular weight is 388 g/mol. The Kier molecular flexibility index (Phi) is 5.17. The first-order valence-corrected chi connectivity index (χ1v) is 10.3. The highest BCUT2D eigenvalue weighted by atomic mass is 32.2. The highest BCUT2D eigenvalue weighted by molar-refractivity contribution is 7.98. The van der Waals surface area contributed by atoms with Crippen LogP contribution in [0.2, 0.25) is 0 Å². The second-order valence-corrected chi connectivity index (χ2v) is 7.49. The summed E-state index contributed by atoms with van der Waals surface area (Å²) in [5.74, 6) is -0.345. The van der Waals surface area contributed by atoms with Crippen LogP contribution < -0.4 is 10.2 Å². The fourth-order valence-electron chi connectivity index (χ4n) is 3.49. The number of nitrogens with one attached hydrogen (secondary N) is 1. The summed E-state index contributed by atoms with van der Waals surface area (Å²) in [6, 6.07) is 23.9. The van der Waals surface area contributed by atoms with Gasteiger partial charge in [0, 0.05) is 28.3 Å². The number of anilines is 2. The largest absolute Gasteiger partial charge is 0.324 e. The van der Waals surface area contributed by atoms with E-state index in [2.05, 4.69) is 5.32 Å². The highest BCUT2D eigenvalue weighted by Gasteiger charge is 2.38. The summed E-state index contributed by atoms with van der Waals surface area (Å²) >= 11 is 1.62. The topological polar surface area (TPSA) is 49.4 Å². The monoisotopic (exact) mass is 388 g/mol. The van der Waals surface area contributed by atoms with Crippen LogP contribution in [0.3, 0.4) is 0 Å². The van der Waals surface area contributed by atoms with Gasteiger partial charge in [-0.05, 0) is 48.2 Å². The Morgan fingerprint density at radius 3 is 2.50 bits per heavy atom. The van der Waals surface area contributed by atoms with E-state index in [1.165, 1.54) is 0 Å². The quantitative estimate of drug-likeness (QED) is 0.664. The first kappa shape index (κ1) is 18.3. The van der Waals surface area contributed by atoms with E-state index in [-0.39, 0.29) is 11.8 Å². The smallest absolute Gasteiger partial charge is 0.259 e. The van der Waals surface area contributed by atoms with Crippen LogP contribution in [0.4, 0.5) is 11.4 Å². The van der Waals surface area contributed by atoms with Crippen molar-refractivity contribution in [3.8, 4) is 0 Å². The number of fused-ring (bicyclic) bond motifs is 1. The van der Waals surface area contributed by atoms with Gasteiger partial charge < -0.3 is 5.32 Å². The number of amides is 2. The Bertz CT molecular complexity index is 1020. The Balaban J connectivity index is 1.65. The van der Waals surface area contributed by atoms with Crippen LogP contribution in [0.25, 0.3) is 0 Å². The third-order valence-corrected chi connectivity index (χ3v) is 5.58. The van der Waals surface area contributed by atoms with Gasteiger partial charge in [-0.1, -0.05) is 42.5 Å². The standard InChI is InChI=1S/C23H20N2O2S/c1-28-19-12-7-11-18(15-19)24-22(26)21-14-17-10-5-6-13-20(17)25(21)23(27)16-8-3-2-4-9-16/h2-13,15,21H,14H2,1H3,(H,24,26). The fourth-order valence-corrected chi connectivity index (χ4v) is 3.95. The summed E-state index contributed by atoms with van der Waals surface area (Å²) in [6.45, 7) is 0. The Labute approximate surface area is 168 Å². The van der Waals surface area contributed by atoms with Crippen molar-refractivity contribution in [1.29, 1.82) is 0 Å². The van der Waals surface area contributed by atoms with E-state index < -0.39 is 6.04 Å². The zero-order valence-corrected chi connectivity index (χ0v) is 16.3. The molecule has 0 saturated carbocycles. The zero-order valence-electron chi connectivity index (χ0n) is 15.5. The molecule has 1 unspecified atom stereocenters. The van der Waals surface area contributed by atoms with Crippen molar-refractivity contribution in [2.75, 3.05) is 16.5 Å². The molecule has 4 rings (SSSR count). The molecule has 1 aliphatic rings. The van der Waals surface area contributed by atoms with Crippen molar-refractivity contribution < 1.29 is 9.59 Å². The molecular formula is C23H20N2O2S. The van der Waals surface area contributed by atoms with Crippen molar-refractivity contribution in [2.45, 2.75) is 17.4 Å². The SMILES string of the molecule is CSc1cccc(NC(=O)C2Cc3ccccc3N2C(=O)c2ccccc2)c1. The summed E-state index contributed by atoms with van der Waals surface area (Å²) in [5, 5.41) is 2.98. The van der Waals surface area contributed by atoms with E-state index in [9.17, 15) is 9.59 Å². The summed E-state index contributed by atoms with van der Waals surface area (Å²) in [6.07, 6.45) is 2.50. The van der Waals surface area contributed by atoms with Crippen LogP contribution in [0.1, 0.15) is 15.9 Å². The summed E-state index contributed by atoms with van der Waals surface area (Å²) in [4.78, 5) is 29.0. The molecule has 0 aromatic heterocycles. The van der Waals surface area contributed by atoms with Gasteiger partial charge in [-0.2, -0.15) is 0 Å². The van der Waals surface area contributed by atoms with Gasteiger partial charge in [0.15, 0.2) is 0 Å². The molecule has 3 aromatic carbocycles. The lowest BCUT2D eigenvalue weighted by atomic mass is 10.1. The number of hydrogen-bond acceptors (Lipinski definition) is 3. The Morgan fingerprint density at radius 2 is 1.71 bits per heavy atom. The van der Waals surface area contributed by atoms with Gasteiger partial charge in [-0.3, -0.25) is 14.5 Å². The Hall–Kier alpha value is -3.05. The normalized spacial score (nSPS) is 15.2. The molecule has 0 fully saturated rings. The van der Waals surface area contributed by atoms with E-state index in [1.807, 2.05) is 73.0 Å². The molecular weight excluding hydrogens is 368 g/mol. The van der Waals surface area contributed by atoms with Gasteiger partial charge in [0.25, 0.3) is 5.91 Å². The van der Waals surface area contributed by atoms with Gasteiger partial charge >= 0.3 is 0 Å². The second-order valence-electron chi connectivity index (χ2n) is 6.61. The number of carbonyl (C=O) groups excluding carboxylic acids is 2. The fraction of sp³-hybridized carbons (Fsp3) is 0.130. The number of thioether (sulfide) groups is 1. The predicted molar refractivity (Wildman–Crippen MR) is 114 cm³/mol. The van der Waals surface area contributed by atoms with Crippen molar-refractivity contribution in [3.05, 3.63) is 90.0 Å². The third-order valence-electron chi connectivity index (χ3n) is 4.86. The van der Waals surface area contributed by atoms with E-state index in [1.54, 1.807) is 28.8 Å². The van der Waals surface area contributed by atoms with Crippen LogP contribution in [0.5, 0.6) is 0 Å². The van der Waals surface area contributed by atoms with Gasteiger partial charge in [-0.15, -0.1) is 11.8 Å². The number of nitrogens with zero attached hydrogens (tertiary/aromatic N) is 1. The molecule has 0 bridgehead atoms. The lowest BCUT2D eigenvalue weighted by Gasteiger charge is -2.25. The summed E-state index contributed by atoms with van der Waals surface area (Å²) in [5.41, 5.74) is 3.11. The van der Waals surface area contributed by atoms with Crippen LogP contribution in [-0.2, 0) is 11.2 Å². The second kappa shape index (κ2) is 7.90. The molecule has 2 amide bonds. The van der Waals surface area contributed by atoms with Crippen molar-refractivity contribution in [3.63, 3.8) is 0 Å². The summed E-state index contributed by atoms with van der Waals surface area (Å²) in [7, 11) is 0. The first-order valence-electron chi connectivity index (χ1n) is 9.09. The molecule has 0 spiro atoms. The minimum absolute atomic E-state index is 0.163. The molecule has 5 heteroatoms. The lowest BCUT2D eigenvalue weighted by molar-refractivity contribution is -0.117. The van der Waals surface area contributed by atoms with E-state index in [0.29, 0.717) is 12.0 Å². The maximum atomic E-state index is 13.2. The number of para-hydroxylation sites is 1. The molecule has 3 aromatic rings. The van der Waals surface area contributed by atoms with Crippen molar-refractivity contribution in [1.82, 2.24) is 0 Å². The molecule has 0 radical (unpaired) electrons. The van der Waals surface area contributed by atoms with Gasteiger partial charge in [0.1, 0.15) is 6.04 Å². The minimum atomic E-state index is -0.581. The first-order chi connectivity index (χ1) is 13.7. The molecule has 1 N–H and O–H groups in total. The van der Waals surface area contributed by atoms with E-state index in [4.69, 9.17) is 0 Å². The predicted octanol–water partition coefficient (Wildman–Crippen LogP) is 4.62. The van der Waals surface area contributed by atoms with Crippen LogP contribution in [0, 0.1) is 0 Å². The zero-order chi connectivity index (χ0) is 19.5. The van der Waals surface area contributed by atoms with E-state index >= 15 is 0 Å². The molecule has 0 aliphatic carbocycles. The van der Waals surface area contributed by atoms with Crippen molar-refractivity contribution in [2.24, 2.45) is 0 Å². The maximum Gasteiger partial charge on any atom is 0.259 e. The lowest BCUT2D eigenvalue weighted by Crippen LogP contribution is -2.45. The summed E-state index contributed by atoms with van der Waals surface area (Å²) < 4.78 is 0. The molecule has 1 heterocycles. The third kappa shape index (κ3) is 3.53. The molecule has 0 saturated heterocycles. The van der Waals surface area contributed by atoms with Crippen LogP contribution in [0.15, 0.2) is 83.8 Å². The van der Waals surface area contributed by atoms with Gasteiger partial charge in [-0.25, -0.2) is 0 Å². The van der Waals surface area contributed by atoms with Crippen LogP contribution in [-0.4, -0.2) is 24.1 Å². The van der Waals surface area contributed by atoms with Gasteiger partial charge in [0.05, 0.1) is 0 Å². The maximum absolute atomic E-state index is 13.2. The van der Waals surface area contributed by atoms with Crippen molar-refractivity contribution >= 4 is 35.0 Å². The number of carbonyl (C=O) groups is 2. The molecule has 1 aliphatic heterocycles. The molecule has 28 heavy (non-hydrogen) atoms. The van der Waals surface area contributed by atoms with Crippen LogP contribution >= 0.6 is 11.8 Å². The minimum Gasteiger partial charge on any atom is -0.324 e. The molecule has 4 nitrogen and oxygen atoms in total. The highest BCUT2D eigenvalue weighted by Crippen LogP contribution is 2.34. The number of benzene rings is 3. The van der Waals surface area contributed by atoms with Gasteiger partial charge in [0.2, 0.25) is 5.91 Å². The molecule has 140 valence electrons. The molecule has 1 atom stereocenters. The number of hydrogen-bond donors (Lipinski definition) is 1.